The number of likely N-dealkylation sites (tertiary alicyclic amines) is 1. The minimum absolute atomic E-state index is 0.0318. The maximum atomic E-state index is 6.68. The van der Waals surface area contributed by atoms with Crippen LogP contribution in [-0.4, -0.2) is 35.1 Å². The molecule has 3 atom stereocenters. The minimum Gasteiger partial charge on any atom is -0.484 e. The fourth-order valence-electron chi connectivity index (χ4n) is 4.84. The molecule has 1 saturated heterocycles. The van der Waals surface area contributed by atoms with Crippen LogP contribution in [0.15, 0.2) is 60.9 Å². The fourth-order valence-corrected chi connectivity index (χ4v) is 4.84. The summed E-state index contributed by atoms with van der Waals surface area (Å²) in [5.41, 5.74) is 9.03. The van der Waals surface area contributed by atoms with Crippen LogP contribution >= 0.6 is 0 Å². The number of nitrogens with zero attached hydrogens (tertiary/aromatic N) is 2. The first kappa shape index (κ1) is 17.7. The number of rotatable bonds is 3. The Morgan fingerprint density at radius 2 is 1.96 bits per heavy atom. The number of benzene rings is 2. The van der Waals surface area contributed by atoms with Crippen LogP contribution in [0.4, 0.5) is 0 Å². The van der Waals surface area contributed by atoms with Crippen molar-refractivity contribution in [3.63, 3.8) is 0 Å². The van der Waals surface area contributed by atoms with Gasteiger partial charge >= 0.3 is 0 Å². The van der Waals surface area contributed by atoms with Gasteiger partial charge in [-0.05, 0) is 66.9 Å². The number of hydrogen-bond acceptors (Lipinski definition) is 4. The molecule has 0 unspecified atom stereocenters. The summed E-state index contributed by atoms with van der Waals surface area (Å²) in [4.78, 5) is 6.82. The Kier molecular flexibility index (Phi) is 4.75. The second kappa shape index (κ2) is 7.53. The van der Waals surface area contributed by atoms with E-state index in [0.29, 0.717) is 6.04 Å². The molecule has 0 spiro atoms. The SMILES string of the molecule is N[C@@H]1CCCN([C@H]2CCc3ccccc3[C@@H]2Oc2ccc3ccncc3c2)C1. The largest absolute Gasteiger partial charge is 0.484 e. The highest BCUT2D eigenvalue weighted by Crippen LogP contribution is 2.38. The van der Waals surface area contributed by atoms with Crippen molar-refractivity contribution in [1.29, 1.82) is 0 Å². The summed E-state index contributed by atoms with van der Waals surface area (Å²) in [5.74, 6) is 0.911. The first-order valence-corrected chi connectivity index (χ1v) is 10.4. The van der Waals surface area contributed by atoms with Crippen molar-refractivity contribution in [2.75, 3.05) is 13.1 Å². The Bertz CT molecular complexity index is 973. The highest BCUT2D eigenvalue weighted by Gasteiger charge is 2.36. The zero-order valence-corrected chi connectivity index (χ0v) is 16.1. The molecule has 1 aliphatic carbocycles. The smallest absolute Gasteiger partial charge is 0.139 e. The molecule has 2 aliphatic rings. The lowest BCUT2D eigenvalue weighted by molar-refractivity contribution is 0.0368. The van der Waals surface area contributed by atoms with E-state index >= 15 is 0 Å². The van der Waals surface area contributed by atoms with Crippen molar-refractivity contribution in [1.82, 2.24) is 9.88 Å². The first-order valence-electron chi connectivity index (χ1n) is 10.4. The Balaban J connectivity index is 1.49. The van der Waals surface area contributed by atoms with Crippen LogP contribution in [0, 0.1) is 0 Å². The molecule has 0 amide bonds. The van der Waals surface area contributed by atoms with Gasteiger partial charge in [-0.3, -0.25) is 9.88 Å². The van der Waals surface area contributed by atoms with Gasteiger partial charge in [0.15, 0.2) is 0 Å². The predicted octanol–water partition coefficient (Wildman–Crippen LogP) is 4.09. The van der Waals surface area contributed by atoms with Crippen LogP contribution in [0.3, 0.4) is 0 Å². The number of aryl methyl sites for hydroxylation is 1. The van der Waals surface area contributed by atoms with Crippen molar-refractivity contribution in [2.45, 2.75) is 43.9 Å². The third-order valence-electron chi connectivity index (χ3n) is 6.25. The monoisotopic (exact) mass is 373 g/mol. The molecule has 0 bridgehead atoms. The number of pyridine rings is 1. The quantitative estimate of drug-likeness (QED) is 0.751. The van der Waals surface area contributed by atoms with Gasteiger partial charge < -0.3 is 10.5 Å². The molecule has 2 N–H and O–H groups in total. The van der Waals surface area contributed by atoms with E-state index in [0.717, 1.165) is 43.5 Å². The molecular formula is C24H27N3O. The molecule has 5 rings (SSSR count). The van der Waals surface area contributed by atoms with E-state index in [1.165, 1.54) is 22.9 Å². The zero-order chi connectivity index (χ0) is 18.9. The van der Waals surface area contributed by atoms with E-state index in [2.05, 4.69) is 52.3 Å². The average Bonchev–Trinajstić information content (AvgIpc) is 2.74. The molecule has 1 aliphatic heterocycles. The van der Waals surface area contributed by atoms with Gasteiger partial charge in [-0.1, -0.05) is 30.3 Å². The van der Waals surface area contributed by atoms with E-state index < -0.39 is 0 Å². The molecule has 4 heteroatoms. The third-order valence-corrected chi connectivity index (χ3v) is 6.25. The minimum atomic E-state index is 0.0318. The summed E-state index contributed by atoms with van der Waals surface area (Å²) >= 11 is 0. The predicted molar refractivity (Wildman–Crippen MR) is 112 cm³/mol. The molecule has 3 aromatic rings. The number of hydrogen-bond donors (Lipinski definition) is 1. The molecule has 28 heavy (non-hydrogen) atoms. The van der Waals surface area contributed by atoms with Gasteiger partial charge in [0.2, 0.25) is 0 Å². The Morgan fingerprint density at radius 1 is 1.04 bits per heavy atom. The number of nitrogens with two attached hydrogens (primary N) is 1. The summed E-state index contributed by atoms with van der Waals surface area (Å²) in [7, 11) is 0. The van der Waals surface area contributed by atoms with Gasteiger partial charge in [0.25, 0.3) is 0 Å². The highest BCUT2D eigenvalue weighted by atomic mass is 16.5. The van der Waals surface area contributed by atoms with Crippen LogP contribution < -0.4 is 10.5 Å². The van der Waals surface area contributed by atoms with Crippen LogP contribution in [0.2, 0.25) is 0 Å². The van der Waals surface area contributed by atoms with Crippen molar-refractivity contribution < 1.29 is 4.74 Å². The molecular weight excluding hydrogens is 346 g/mol. The maximum Gasteiger partial charge on any atom is 0.139 e. The first-order chi connectivity index (χ1) is 13.8. The van der Waals surface area contributed by atoms with Gasteiger partial charge in [0, 0.05) is 30.4 Å². The van der Waals surface area contributed by atoms with Crippen LogP contribution in [0.5, 0.6) is 5.75 Å². The molecule has 144 valence electrons. The van der Waals surface area contributed by atoms with Gasteiger partial charge in [-0.2, -0.15) is 0 Å². The lowest BCUT2D eigenvalue weighted by Gasteiger charge is -2.43. The lowest BCUT2D eigenvalue weighted by atomic mass is 9.84. The number of aromatic nitrogens is 1. The molecule has 2 aromatic carbocycles. The summed E-state index contributed by atoms with van der Waals surface area (Å²) < 4.78 is 6.68. The standard InChI is InChI=1S/C24H27N3O/c25-20-5-3-13-27(16-20)23-10-8-18-4-1-2-6-22(18)24(23)28-21-9-7-17-11-12-26-15-19(17)14-21/h1-2,4,6-7,9,11-12,14-15,20,23-24H,3,5,8,10,13,16,25H2/t20-,23+,24+/m1/s1. The van der Waals surface area contributed by atoms with Crippen LogP contribution in [0.25, 0.3) is 10.8 Å². The fraction of sp³-hybridized carbons (Fsp3) is 0.375. The second-order valence-corrected chi connectivity index (χ2v) is 8.13. The molecule has 2 heterocycles. The van der Waals surface area contributed by atoms with Gasteiger partial charge in [-0.15, -0.1) is 0 Å². The van der Waals surface area contributed by atoms with Crippen molar-refractivity contribution in [3.8, 4) is 5.75 Å². The number of ether oxygens (including phenoxy) is 1. The highest BCUT2D eigenvalue weighted by molar-refractivity contribution is 5.82. The van der Waals surface area contributed by atoms with E-state index in [9.17, 15) is 0 Å². The number of fused-ring (bicyclic) bond motifs is 2. The Morgan fingerprint density at radius 3 is 2.89 bits per heavy atom. The van der Waals surface area contributed by atoms with E-state index in [-0.39, 0.29) is 12.1 Å². The topological polar surface area (TPSA) is 51.4 Å². The summed E-state index contributed by atoms with van der Waals surface area (Å²) in [5, 5.41) is 2.30. The van der Waals surface area contributed by atoms with Crippen molar-refractivity contribution >= 4 is 10.8 Å². The lowest BCUT2D eigenvalue weighted by Crippen LogP contribution is -2.51. The van der Waals surface area contributed by atoms with E-state index in [1.807, 2.05) is 18.5 Å². The maximum absolute atomic E-state index is 6.68. The van der Waals surface area contributed by atoms with Crippen LogP contribution in [0.1, 0.15) is 36.5 Å². The third kappa shape index (κ3) is 3.38. The molecule has 0 saturated carbocycles. The Hall–Kier alpha value is -2.43. The molecule has 4 nitrogen and oxygen atoms in total. The molecule has 1 fully saturated rings. The van der Waals surface area contributed by atoms with Gasteiger partial charge in [0.05, 0.1) is 6.04 Å². The van der Waals surface area contributed by atoms with Crippen LogP contribution in [-0.2, 0) is 6.42 Å². The molecule has 0 radical (unpaired) electrons. The average molecular weight is 374 g/mol. The molecule has 1 aromatic heterocycles. The summed E-state index contributed by atoms with van der Waals surface area (Å²) in [6.07, 6.45) is 8.28. The summed E-state index contributed by atoms with van der Waals surface area (Å²) in [6, 6.07) is 17.7. The second-order valence-electron chi connectivity index (χ2n) is 8.13. The normalized spacial score (nSPS) is 25.4. The Labute approximate surface area is 166 Å². The zero-order valence-electron chi connectivity index (χ0n) is 16.1. The van der Waals surface area contributed by atoms with Gasteiger partial charge in [0.1, 0.15) is 11.9 Å². The summed E-state index contributed by atoms with van der Waals surface area (Å²) in [6.45, 7) is 2.08. The van der Waals surface area contributed by atoms with Crippen molar-refractivity contribution in [2.24, 2.45) is 5.73 Å². The van der Waals surface area contributed by atoms with E-state index in [1.54, 1.807) is 0 Å². The van der Waals surface area contributed by atoms with Gasteiger partial charge in [-0.25, -0.2) is 0 Å². The van der Waals surface area contributed by atoms with E-state index in [4.69, 9.17) is 10.5 Å². The van der Waals surface area contributed by atoms with Crippen molar-refractivity contribution in [3.05, 3.63) is 72.1 Å². The number of piperidine rings is 1.